The number of rotatable bonds is 1. The summed E-state index contributed by atoms with van der Waals surface area (Å²) in [6.45, 7) is 0. The Labute approximate surface area is 92.4 Å². The SMILES string of the molecule is Clc1cccc(C2CCCC2)c1Br. The molecule has 1 aromatic carbocycles. The lowest BCUT2D eigenvalue weighted by Crippen LogP contribution is -1.93. The minimum absolute atomic E-state index is 0.730. The third kappa shape index (κ3) is 1.92. The van der Waals surface area contributed by atoms with Crippen molar-refractivity contribution in [2.75, 3.05) is 0 Å². The van der Waals surface area contributed by atoms with Crippen LogP contribution in [-0.4, -0.2) is 0 Å². The molecule has 1 fully saturated rings. The second kappa shape index (κ2) is 4.02. The number of hydrogen-bond donors (Lipinski definition) is 0. The lowest BCUT2D eigenvalue weighted by molar-refractivity contribution is 0.720. The fourth-order valence-corrected chi connectivity index (χ4v) is 2.84. The third-order valence-electron chi connectivity index (χ3n) is 2.78. The summed E-state index contributed by atoms with van der Waals surface area (Å²) in [5.74, 6) is 0.730. The molecule has 0 amide bonds. The first kappa shape index (κ1) is 9.54. The van der Waals surface area contributed by atoms with E-state index >= 15 is 0 Å². The van der Waals surface area contributed by atoms with Crippen molar-refractivity contribution in [1.82, 2.24) is 0 Å². The first-order valence-electron chi connectivity index (χ1n) is 4.73. The van der Waals surface area contributed by atoms with Gasteiger partial charge in [-0.2, -0.15) is 0 Å². The lowest BCUT2D eigenvalue weighted by atomic mass is 9.98. The van der Waals surface area contributed by atoms with Gasteiger partial charge in [0.1, 0.15) is 0 Å². The minimum atomic E-state index is 0.730. The number of halogens is 2. The fourth-order valence-electron chi connectivity index (χ4n) is 2.07. The molecule has 1 saturated carbocycles. The van der Waals surface area contributed by atoms with Crippen molar-refractivity contribution in [1.29, 1.82) is 0 Å². The number of benzene rings is 1. The molecule has 13 heavy (non-hydrogen) atoms. The molecule has 1 aliphatic carbocycles. The van der Waals surface area contributed by atoms with Crippen molar-refractivity contribution in [3.05, 3.63) is 33.3 Å². The Hall–Kier alpha value is -0.0100. The van der Waals surface area contributed by atoms with Gasteiger partial charge in [0.25, 0.3) is 0 Å². The van der Waals surface area contributed by atoms with Crippen LogP contribution in [0.25, 0.3) is 0 Å². The summed E-state index contributed by atoms with van der Waals surface area (Å²) < 4.78 is 1.10. The van der Waals surface area contributed by atoms with Crippen molar-refractivity contribution in [3.8, 4) is 0 Å². The van der Waals surface area contributed by atoms with Gasteiger partial charge < -0.3 is 0 Å². The highest BCUT2D eigenvalue weighted by atomic mass is 79.9. The van der Waals surface area contributed by atoms with Gasteiger partial charge in [0, 0.05) is 4.47 Å². The van der Waals surface area contributed by atoms with Gasteiger partial charge in [0.15, 0.2) is 0 Å². The molecule has 0 unspecified atom stereocenters. The van der Waals surface area contributed by atoms with Crippen LogP contribution in [0, 0.1) is 0 Å². The van der Waals surface area contributed by atoms with Crippen molar-refractivity contribution in [2.45, 2.75) is 31.6 Å². The second-order valence-corrected chi connectivity index (χ2v) is 4.82. The maximum Gasteiger partial charge on any atom is 0.0550 e. The highest BCUT2D eigenvalue weighted by molar-refractivity contribution is 9.10. The number of hydrogen-bond acceptors (Lipinski definition) is 0. The van der Waals surface area contributed by atoms with Crippen LogP contribution >= 0.6 is 27.5 Å². The van der Waals surface area contributed by atoms with Gasteiger partial charge in [0.05, 0.1) is 5.02 Å². The smallest absolute Gasteiger partial charge is 0.0550 e. The van der Waals surface area contributed by atoms with E-state index in [9.17, 15) is 0 Å². The molecule has 0 bridgehead atoms. The molecule has 2 heteroatoms. The molecule has 0 aromatic heterocycles. The van der Waals surface area contributed by atoms with E-state index in [2.05, 4.69) is 22.0 Å². The highest BCUT2D eigenvalue weighted by Gasteiger charge is 2.19. The summed E-state index contributed by atoms with van der Waals surface area (Å²) in [7, 11) is 0. The van der Waals surface area contributed by atoms with Gasteiger partial charge in [-0.05, 0) is 46.3 Å². The van der Waals surface area contributed by atoms with E-state index in [1.54, 1.807) is 0 Å². The average Bonchev–Trinajstić information content (AvgIpc) is 2.62. The van der Waals surface area contributed by atoms with E-state index in [1.807, 2.05) is 12.1 Å². The van der Waals surface area contributed by atoms with E-state index in [-0.39, 0.29) is 0 Å². The molecule has 2 rings (SSSR count). The van der Waals surface area contributed by atoms with Crippen LogP contribution in [0.3, 0.4) is 0 Å². The second-order valence-electron chi connectivity index (χ2n) is 3.62. The van der Waals surface area contributed by atoms with Crippen molar-refractivity contribution in [3.63, 3.8) is 0 Å². The van der Waals surface area contributed by atoms with E-state index in [1.165, 1.54) is 31.2 Å². The van der Waals surface area contributed by atoms with Crippen LogP contribution in [0.5, 0.6) is 0 Å². The normalized spacial score (nSPS) is 18.0. The molecule has 0 N–H and O–H groups in total. The Kier molecular flexibility index (Phi) is 2.95. The molecule has 0 spiro atoms. The van der Waals surface area contributed by atoms with Gasteiger partial charge in [-0.3, -0.25) is 0 Å². The largest absolute Gasteiger partial charge is 0.0831 e. The van der Waals surface area contributed by atoms with E-state index in [4.69, 9.17) is 11.6 Å². The Morgan fingerprint density at radius 1 is 1.23 bits per heavy atom. The van der Waals surface area contributed by atoms with Crippen LogP contribution in [0.4, 0.5) is 0 Å². The minimum Gasteiger partial charge on any atom is -0.0831 e. The summed E-state index contributed by atoms with van der Waals surface area (Å²) in [6, 6.07) is 6.16. The molecular weight excluding hydrogens is 247 g/mol. The maximum atomic E-state index is 6.05. The van der Waals surface area contributed by atoms with Crippen molar-refractivity contribution >= 4 is 27.5 Å². The van der Waals surface area contributed by atoms with E-state index in [0.29, 0.717) is 0 Å². The average molecular weight is 260 g/mol. The van der Waals surface area contributed by atoms with Gasteiger partial charge in [-0.15, -0.1) is 0 Å². The molecular formula is C11H12BrCl. The standard InChI is InChI=1S/C11H12BrCl/c12-11-9(6-3-7-10(11)13)8-4-1-2-5-8/h3,6-8H,1-2,4-5H2. The molecule has 1 aliphatic rings. The molecule has 0 nitrogen and oxygen atoms in total. The Morgan fingerprint density at radius 3 is 2.62 bits per heavy atom. The predicted octanol–water partition coefficient (Wildman–Crippen LogP) is 4.76. The van der Waals surface area contributed by atoms with E-state index < -0.39 is 0 Å². The Balaban J connectivity index is 2.33. The van der Waals surface area contributed by atoms with Gasteiger partial charge in [-0.1, -0.05) is 36.6 Å². The van der Waals surface area contributed by atoms with Gasteiger partial charge in [-0.25, -0.2) is 0 Å². The van der Waals surface area contributed by atoms with Crippen molar-refractivity contribution in [2.24, 2.45) is 0 Å². The first-order chi connectivity index (χ1) is 6.29. The lowest BCUT2D eigenvalue weighted by Gasteiger charge is -2.12. The molecule has 0 atom stereocenters. The van der Waals surface area contributed by atoms with Gasteiger partial charge in [0.2, 0.25) is 0 Å². The van der Waals surface area contributed by atoms with Crippen LogP contribution < -0.4 is 0 Å². The quantitative estimate of drug-likeness (QED) is 0.682. The third-order valence-corrected chi connectivity index (χ3v) is 4.20. The molecule has 70 valence electrons. The summed E-state index contributed by atoms with van der Waals surface area (Å²) in [5, 5.41) is 0.837. The van der Waals surface area contributed by atoms with Crippen molar-refractivity contribution < 1.29 is 0 Å². The van der Waals surface area contributed by atoms with E-state index in [0.717, 1.165) is 15.4 Å². The highest BCUT2D eigenvalue weighted by Crippen LogP contribution is 2.39. The summed E-state index contributed by atoms with van der Waals surface area (Å²) in [5.41, 5.74) is 1.39. The Morgan fingerprint density at radius 2 is 1.92 bits per heavy atom. The zero-order valence-corrected chi connectivity index (χ0v) is 9.74. The predicted molar refractivity (Wildman–Crippen MR) is 60.4 cm³/mol. The van der Waals surface area contributed by atoms with Crippen LogP contribution in [0.1, 0.15) is 37.2 Å². The molecule has 0 radical (unpaired) electrons. The molecule has 1 aromatic rings. The fraction of sp³-hybridized carbons (Fsp3) is 0.455. The Bertz CT molecular complexity index is 303. The first-order valence-corrected chi connectivity index (χ1v) is 5.90. The summed E-state index contributed by atoms with van der Waals surface area (Å²) in [6.07, 6.45) is 5.37. The molecule has 0 heterocycles. The maximum absolute atomic E-state index is 6.05. The van der Waals surface area contributed by atoms with Crippen LogP contribution in [0.15, 0.2) is 22.7 Å². The zero-order valence-electron chi connectivity index (χ0n) is 7.39. The van der Waals surface area contributed by atoms with Gasteiger partial charge >= 0.3 is 0 Å². The topological polar surface area (TPSA) is 0 Å². The van der Waals surface area contributed by atoms with Crippen LogP contribution in [0.2, 0.25) is 5.02 Å². The van der Waals surface area contributed by atoms with Crippen LogP contribution in [-0.2, 0) is 0 Å². The monoisotopic (exact) mass is 258 g/mol. The summed E-state index contributed by atoms with van der Waals surface area (Å²) >= 11 is 9.60. The molecule has 0 saturated heterocycles. The summed E-state index contributed by atoms with van der Waals surface area (Å²) in [4.78, 5) is 0. The zero-order chi connectivity index (χ0) is 9.26. The molecule has 0 aliphatic heterocycles.